The van der Waals surface area contributed by atoms with E-state index < -0.39 is 0 Å². The summed E-state index contributed by atoms with van der Waals surface area (Å²) in [6.07, 6.45) is 4.58. The third-order valence-electron chi connectivity index (χ3n) is 9.52. The molecule has 0 aliphatic carbocycles. The number of hydrogen-bond acceptors (Lipinski definition) is 4. The first kappa shape index (κ1) is 27.6. The molecule has 3 aromatic heterocycles. The van der Waals surface area contributed by atoms with E-state index in [-0.39, 0.29) is 0 Å². The third-order valence-corrected chi connectivity index (χ3v) is 9.52. The fourth-order valence-electron chi connectivity index (χ4n) is 7.35. The maximum absolute atomic E-state index is 5.30. The van der Waals surface area contributed by atoms with Crippen molar-refractivity contribution >= 4 is 49.3 Å². The number of anilines is 1. The van der Waals surface area contributed by atoms with Crippen molar-refractivity contribution in [2.45, 2.75) is 26.7 Å². The molecule has 0 saturated carbocycles. The largest absolute Gasteiger partial charge is 0.348 e. The number of benzene rings is 5. The van der Waals surface area contributed by atoms with Gasteiger partial charge >= 0.3 is 0 Å². The van der Waals surface area contributed by atoms with Gasteiger partial charge in [-0.05, 0) is 49.1 Å². The molecule has 1 unspecified atom stereocenters. The summed E-state index contributed by atoms with van der Waals surface area (Å²) in [6.45, 7) is 5.59. The van der Waals surface area contributed by atoms with Crippen molar-refractivity contribution in [1.29, 1.82) is 0 Å². The van der Waals surface area contributed by atoms with E-state index >= 15 is 0 Å². The summed E-state index contributed by atoms with van der Waals surface area (Å²) in [5.74, 6) is 2.42. The number of allylic oxidation sites excluding steroid dienone is 1. The molecule has 0 N–H and O–H groups in total. The zero-order valence-corrected chi connectivity index (χ0v) is 26.5. The second-order valence-electron chi connectivity index (χ2n) is 12.7. The van der Waals surface area contributed by atoms with Crippen LogP contribution in [0.5, 0.6) is 0 Å². The van der Waals surface area contributed by atoms with E-state index in [1.807, 2.05) is 18.2 Å². The monoisotopic (exact) mass is 610 g/mol. The summed E-state index contributed by atoms with van der Waals surface area (Å²) < 4.78 is 4.39. The van der Waals surface area contributed by atoms with Crippen molar-refractivity contribution in [1.82, 2.24) is 24.1 Å². The molecule has 47 heavy (non-hydrogen) atoms. The molecule has 0 amide bonds. The maximum Gasteiger partial charge on any atom is 0.240 e. The van der Waals surface area contributed by atoms with Crippen LogP contribution >= 0.6 is 0 Å². The Bertz CT molecular complexity index is 2430. The lowest BCUT2D eigenvalue weighted by molar-refractivity contribution is 0.546. The normalized spacial score (nSPS) is 15.2. The van der Waals surface area contributed by atoms with Gasteiger partial charge in [0.2, 0.25) is 11.9 Å². The highest BCUT2D eigenvalue weighted by atomic mass is 15.3. The SMILES string of the molecule is CCC1=CN(c2ccc3c4ccccc4n(-c4nc(-c5ccccc5)nc(-n5c6ccccc6c6ccccc65)n4)c3c2)CC(C)C1. The summed E-state index contributed by atoms with van der Waals surface area (Å²) in [7, 11) is 0. The number of para-hydroxylation sites is 3. The zero-order valence-electron chi connectivity index (χ0n) is 26.5. The van der Waals surface area contributed by atoms with Crippen molar-refractivity contribution in [3.63, 3.8) is 0 Å². The van der Waals surface area contributed by atoms with E-state index in [1.165, 1.54) is 32.8 Å². The lowest BCUT2D eigenvalue weighted by atomic mass is 9.95. The molecular weight excluding hydrogens is 576 g/mol. The smallest absolute Gasteiger partial charge is 0.240 e. The molecule has 5 aromatic carbocycles. The minimum atomic E-state index is 0.591. The summed E-state index contributed by atoms with van der Waals surface area (Å²) in [5, 5.41) is 4.69. The minimum Gasteiger partial charge on any atom is -0.348 e. The van der Waals surface area contributed by atoms with Crippen LogP contribution in [0.1, 0.15) is 26.7 Å². The Kier molecular flexibility index (Phi) is 6.42. The molecule has 1 aliphatic heterocycles. The Morgan fingerprint density at radius 3 is 1.72 bits per heavy atom. The highest BCUT2D eigenvalue weighted by Gasteiger charge is 2.22. The lowest BCUT2D eigenvalue weighted by Crippen LogP contribution is -2.28. The van der Waals surface area contributed by atoms with E-state index in [9.17, 15) is 0 Å². The fraction of sp³-hybridized carbons (Fsp3) is 0.146. The van der Waals surface area contributed by atoms with Crippen molar-refractivity contribution in [2.24, 2.45) is 5.92 Å². The van der Waals surface area contributed by atoms with Gasteiger partial charge in [0.1, 0.15) is 0 Å². The van der Waals surface area contributed by atoms with Gasteiger partial charge in [0.15, 0.2) is 5.82 Å². The molecule has 0 radical (unpaired) electrons. The van der Waals surface area contributed by atoms with Gasteiger partial charge in [0, 0.05) is 45.5 Å². The second kappa shape index (κ2) is 11.0. The average Bonchev–Trinajstić information content (AvgIpc) is 3.64. The summed E-state index contributed by atoms with van der Waals surface area (Å²) >= 11 is 0. The standard InChI is InChI=1S/C41H34N6/c1-3-28-23-27(2)25-45(26-28)30-21-22-34-33-17-9-12-20-37(33)47(38(34)24-30)41-43-39(29-13-5-4-6-14-29)42-40(44-41)46-35-18-10-7-15-31(35)32-16-8-11-19-36(32)46/h4-22,24,26-27H,3,23,25H2,1-2H3. The zero-order chi connectivity index (χ0) is 31.5. The van der Waals surface area contributed by atoms with Crippen LogP contribution in [0.2, 0.25) is 0 Å². The summed E-state index contributed by atoms with van der Waals surface area (Å²) in [4.78, 5) is 18.1. The van der Waals surface area contributed by atoms with Gasteiger partial charge in [-0.15, -0.1) is 0 Å². The third kappa shape index (κ3) is 4.51. The molecule has 228 valence electrons. The van der Waals surface area contributed by atoms with Gasteiger partial charge < -0.3 is 4.90 Å². The average molecular weight is 611 g/mol. The molecule has 0 saturated heterocycles. The van der Waals surface area contributed by atoms with Gasteiger partial charge in [0.05, 0.1) is 22.1 Å². The van der Waals surface area contributed by atoms with Gasteiger partial charge in [0.25, 0.3) is 0 Å². The molecule has 4 heterocycles. The lowest BCUT2D eigenvalue weighted by Gasteiger charge is -2.31. The number of fused-ring (bicyclic) bond motifs is 6. The molecule has 8 aromatic rings. The first-order chi connectivity index (χ1) is 23.2. The van der Waals surface area contributed by atoms with Gasteiger partial charge in [-0.1, -0.05) is 110 Å². The molecule has 0 spiro atoms. The summed E-state index contributed by atoms with van der Waals surface area (Å²) in [6, 6.07) is 42.5. The van der Waals surface area contributed by atoms with Crippen LogP contribution in [0, 0.1) is 5.92 Å². The molecule has 0 bridgehead atoms. The second-order valence-corrected chi connectivity index (χ2v) is 12.7. The Hall–Kier alpha value is -5.75. The van der Waals surface area contributed by atoms with Crippen LogP contribution in [0.3, 0.4) is 0 Å². The highest BCUT2D eigenvalue weighted by molar-refractivity contribution is 6.10. The van der Waals surface area contributed by atoms with E-state index in [0.717, 1.165) is 47.0 Å². The number of hydrogen-bond donors (Lipinski definition) is 0. The van der Waals surface area contributed by atoms with Gasteiger partial charge in [-0.2, -0.15) is 15.0 Å². The van der Waals surface area contributed by atoms with Crippen LogP contribution in [0.25, 0.3) is 66.9 Å². The molecule has 9 rings (SSSR count). The van der Waals surface area contributed by atoms with E-state index in [1.54, 1.807) is 0 Å². The number of nitrogens with zero attached hydrogens (tertiary/aromatic N) is 6. The topological polar surface area (TPSA) is 51.8 Å². The Labute approximate surface area is 273 Å². The predicted molar refractivity (Wildman–Crippen MR) is 193 cm³/mol. The number of rotatable bonds is 5. The van der Waals surface area contributed by atoms with Crippen LogP contribution in [0.4, 0.5) is 5.69 Å². The first-order valence-electron chi connectivity index (χ1n) is 16.5. The summed E-state index contributed by atoms with van der Waals surface area (Å²) in [5.41, 5.74) is 7.88. The number of aromatic nitrogens is 5. The Balaban J connectivity index is 1.34. The first-order valence-corrected chi connectivity index (χ1v) is 16.5. The van der Waals surface area contributed by atoms with Crippen LogP contribution in [-0.2, 0) is 0 Å². The van der Waals surface area contributed by atoms with E-state index in [4.69, 9.17) is 15.0 Å². The highest BCUT2D eigenvalue weighted by Crippen LogP contribution is 2.37. The van der Waals surface area contributed by atoms with Crippen LogP contribution in [-0.4, -0.2) is 30.6 Å². The van der Waals surface area contributed by atoms with Crippen molar-refractivity contribution < 1.29 is 0 Å². The van der Waals surface area contributed by atoms with E-state index in [0.29, 0.717) is 23.6 Å². The van der Waals surface area contributed by atoms with Crippen molar-refractivity contribution in [2.75, 3.05) is 11.4 Å². The molecule has 1 aliphatic rings. The molecule has 0 fully saturated rings. The molecular formula is C41H34N6. The molecule has 1 atom stereocenters. The van der Waals surface area contributed by atoms with Gasteiger partial charge in [-0.3, -0.25) is 9.13 Å². The Morgan fingerprint density at radius 2 is 1.13 bits per heavy atom. The maximum atomic E-state index is 5.30. The van der Waals surface area contributed by atoms with E-state index in [2.05, 4.69) is 137 Å². The predicted octanol–water partition coefficient (Wildman–Crippen LogP) is 9.87. The van der Waals surface area contributed by atoms with Crippen LogP contribution in [0.15, 0.2) is 133 Å². The quantitative estimate of drug-likeness (QED) is 0.195. The molecule has 6 heteroatoms. The van der Waals surface area contributed by atoms with Crippen LogP contribution < -0.4 is 4.90 Å². The van der Waals surface area contributed by atoms with Crippen molar-refractivity contribution in [3.05, 3.63) is 133 Å². The van der Waals surface area contributed by atoms with Crippen molar-refractivity contribution in [3.8, 4) is 23.3 Å². The fourth-order valence-corrected chi connectivity index (χ4v) is 7.35. The Morgan fingerprint density at radius 1 is 0.596 bits per heavy atom. The van der Waals surface area contributed by atoms with Gasteiger partial charge in [-0.25, -0.2) is 0 Å². The minimum absolute atomic E-state index is 0.591. The molecule has 6 nitrogen and oxygen atoms in total.